The van der Waals surface area contributed by atoms with E-state index >= 15 is 0 Å². The highest BCUT2D eigenvalue weighted by Gasteiger charge is 2.32. The van der Waals surface area contributed by atoms with Crippen molar-refractivity contribution < 1.29 is 34.2 Å². The Morgan fingerprint density at radius 1 is 0.892 bits per heavy atom. The minimum Gasteiger partial charge on any atom is -0.481 e. The summed E-state index contributed by atoms with van der Waals surface area (Å²) < 4.78 is 0. The lowest BCUT2D eigenvalue weighted by Gasteiger charge is -2.25. The number of aliphatic carboxylic acids is 2. The molecule has 0 aliphatic carbocycles. The highest BCUT2D eigenvalue weighted by molar-refractivity contribution is 5.95. The van der Waals surface area contributed by atoms with Gasteiger partial charge in [0.05, 0.1) is 18.8 Å². The number of carbonyl (C=O) groups excluding carboxylic acids is 3. The topological polar surface area (TPSA) is 217 Å². The summed E-state index contributed by atoms with van der Waals surface area (Å²) in [5.41, 5.74) is 7.14. The van der Waals surface area contributed by atoms with Crippen molar-refractivity contribution in [3.05, 3.63) is 54.1 Å². The van der Waals surface area contributed by atoms with Crippen molar-refractivity contribution in [2.75, 3.05) is 0 Å². The Morgan fingerprint density at radius 2 is 1.46 bits per heavy atom. The van der Waals surface area contributed by atoms with Crippen LogP contribution in [0.15, 0.2) is 42.9 Å². The van der Waals surface area contributed by atoms with E-state index in [1.807, 2.05) is 0 Å². The van der Waals surface area contributed by atoms with Gasteiger partial charge in [0.25, 0.3) is 0 Å². The lowest BCUT2D eigenvalue weighted by Crippen LogP contribution is -2.58. The number of benzene rings is 1. The van der Waals surface area contributed by atoms with Gasteiger partial charge in [0.1, 0.15) is 18.1 Å². The van der Waals surface area contributed by atoms with Gasteiger partial charge in [-0.1, -0.05) is 44.2 Å². The number of hydrogen-bond acceptors (Lipinski definition) is 7. The summed E-state index contributed by atoms with van der Waals surface area (Å²) in [5, 5.41) is 25.6. The molecule has 0 radical (unpaired) electrons. The second-order valence-corrected chi connectivity index (χ2v) is 8.86. The smallest absolute Gasteiger partial charge is 0.326 e. The Balaban J connectivity index is 2.28. The number of nitrogens with two attached hydrogens (primary N) is 1. The Labute approximate surface area is 213 Å². The quantitative estimate of drug-likeness (QED) is 0.167. The van der Waals surface area contributed by atoms with Gasteiger partial charge < -0.3 is 36.9 Å². The number of nitrogens with one attached hydrogen (secondary N) is 4. The minimum absolute atomic E-state index is 0.0956. The molecule has 2 aromatic rings. The SMILES string of the molecule is CC(C)C(N)C(=O)NC(Cc1ccccc1)C(=O)NC(Cc1cnc[nH]1)C(=O)NC(CC(=O)O)C(=O)O. The third-order valence-electron chi connectivity index (χ3n) is 5.54. The average Bonchev–Trinajstić information content (AvgIpc) is 3.35. The van der Waals surface area contributed by atoms with Crippen molar-refractivity contribution in [3.8, 4) is 0 Å². The van der Waals surface area contributed by atoms with E-state index in [0.29, 0.717) is 5.69 Å². The number of carbonyl (C=O) groups is 5. The Bertz CT molecular complexity index is 1070. The molecule has 200 valence electrons. The first kappa shape index (κ1) is 29.0. The predicted molar refractivity (Wildman–Crippen MR) is 131 cm³/mol. The van der Waals surface area contributed by atoms with Crippen LogP contribution in [0.3, 0.4) is 0 Å². The van der Waals surface area contributed by atoms with Crippen molar-refractivity contribution >= 4 is 29.7 Å². The molecule has 8 N–H and O–H groups in total. The lowest BCUT2D eigenvalue weighted by atomic mass is 10.0. The van der Waals surface area contributed by atoms with E-state index in [1.54, 1.807) is 44.2 Å². The van der Waals surface area contributed by atoms with Gasteiger partial charge >= 0.3 is 11.9 Å². The Kier molecular flexibility index (Phi) is 10.8. The molecular formula is C24H32N6O7. The molecule has 1 aromatic heterocycles. The van der Waals surface area contributed by atoms with Crippen LogP contribution >= 0.6 is 0 Å². The zero-order valence-corrected chi connectivity index (χ0v) is 20.5. The van der Waals surface area contributed by atoms with Crippen molar-refractivity contribution in [1.29, 1.82) is 0 Å². The van der Waals surface area contributed by atoms with E-state index < -0.39 is 60.2 Å². The molecule has 37 heavy (non-hydrogen) atoms. The van der Waals surface area contributed by atoms with Gasteiger partial charge in [-0.05, 0) is 11.5 Å². The second kappa shape index (κ2) is 13.7. The summed E-state index contributed by atoms with van der Waals surface area (Å²) in [5.74, 6) is -5.33. The standard InChI is InChI=1S/C24H32N6O7/c1-13(2)20(25)23(35)29-16(8-14-6-4-3-5-7-14)21(33)28-17(9-15-11-26-12-27-15)22(34)30-18(24(36)37)10-19(31)32/h3-7,11-13,16-18,20H,8-10,25H2,1-2H3,(H,26,27)(H,28,33)(H,29,35)(H,30,34)(H,31,32)(H,36,37). The maximum atomic E-state index is 13.3. The Morgan fingerprint density at radius 3 is 1.97 bits per heavy atom. The molecule has 0 saturated heterocycles. The zero-order chi connectivity index (χ0) is 27.5. The van der Waals surface area contributed by atoms with Crippen LogP contribution in [0.5, 0.6) is 0 Å². The van der Waals surface area contributed by atoms with E-state index in [0.717, 1.165) is 5.56 Å². The fraction of sp³-hybridized carbons (Fsp3) is 0.417. The summed E-state index contributed by atoms with van der Waals surface area (Å²) in [6, 6.07) is 3.89. The predicted octanol–water partition coefficient (Wildman–Crippen LogP) is -0.808. The number of carboxylic acids is 2. The molecule has 4 atom stereocenters. The monoisotopic (exact) mass is 516 g/mol. The molecular weight excluding hydrogens is 484 g/mol. The molecule has 1 heterocycles. The van der Waals surface area contributed by atoms with Gasteiger partial charge in [0.15, 0.2) is 0 Å². The summed E-state index contributed by atoms with van der Waals surface area (Å²) in [7, 11) is 0. The average molecular weight is 517 g/mol. The second-order valence-electron chi connectivity index (χ2n) is 8.86. The number of carboxylic acid groups (broad SMARTS) is 2. The van der Waals surface area contributed by atoms with Gasteiger partial charge in [0.2, 0.25) is 17.7 Å². The molecule has 0 fully saturated rings. The first-order valence-corrected chi connectivity index (χ1v) is 11.6. The Hall–Kier alpha value is -4.26. The number of aromatic nitrogens is 2. The number of amides is 3. The molecule has 0 aliphatic heterocycles. The number of hydrogen-bond donors (Lipinski definition) is 7. The molecule has 2 rings (SSSR count). The molecule has 0 saturated carbocycles. The summed E-state index contributed by atoms with van der Waals surface area (Å²) in [6.07, 6.45) is 1.92. The van der Waals surface area contributed by atoms with Crippen molar-refractivity contribution in [2.45, 2.75) is 57.3 Å². The molecule has 1 aromatic carbocycles. The van der Waals surface area contributed by atoms with E-state index in [9.17, 15) is 29.1 Å². The molecule has 0 aliphatic rings. The third-order valence-corrected chi connectivity index (χ3v) is 5.54. The number of aromatic amines is 1. The van der Waals surface area contributed by atoms with E-state index in [4.69, 9.17) is 10.8 Å². The molecule has 4 unspecified atom stereocenters. The van der Waals surface area contributed by atoms with Crippen LogP contribution in [0.4, 0.5) is 0 Å². The van der Waals surface area contributed by atoms with Crippen molar-refractivity contribution in [1.82, 2.24) is 25.9 Å². The van der Waals surface area contributed by atoms with Gasteiger partial charge in [-0.25, -0.2) is 9.78 Å². The van der Waals surface area contributed by atoms with Gasteiger partial charge in [-0.2, -0.15) is 0 Å². The van der Waals surface area contributed by atoms with Crippen LogP contribution in [-0.2, 0) is 36.8 Å². The minimum atomic E-state index is -1.71. The van der Waals surface area contributed by atoms with Gasteiger partial charge in [-0.3, -0.25) is 19.2 Å². The van der Waals surface area contributed by atoms with E-state index in [2.05, 4.69) is 25.9 Å². The number of imidazole rings is 1. The summed E-state index contributed by atoms with van der Waals surface area (Å²) in [6.45, 7) is 3.52. The number of rotatable bonds is 14. The van der Waals surface area contributed by atoms with Gasteiger partial charge in [-0.15, -0.1) is 0 Å². The highest BCUT2D eigenvalue weighted by Crippen LogP contribution is 2.08. The maximum Gasteiger partial charge on any atom is 0.326 e. The summed E-state index contributed by atoms with van der Waals surface area (Å²) in [4.78, 5) is 68.1. The lowest BCUT2D eigenvalue weighted by molar-refractivity contribution is -0.147. The largest absolute Gasteiger partial charge is 0.481 e. The van der Waals surface area contributed by atoms with Crippen LogP contribution in [-0.4, -0.2) is 74.0 Å². The van der Waals surface area contributed by atoms with Crippen molar-refractivity contribution in [2.24, 2.45) is 11.7 Å². The van der Waals surface area contributed by atoms with Crippen molar-refractivity contribution in [3.63, 3.8) is 0 Å². The van der Waals surface area contributed by atoms with Crippen LogP contribution in [0.2, 0.25) is 0 Å². The normalized spacial score (nSPS) is 14.2. The van der Waals surface area contributed by atoms with Crippen LogP contribution in [0.25, 0.3) is 0 Å². The summed E-state index contributed by atoms with van der Waals surface area (Å²) >= 11 is 0. The van der Waals surface area contributed by atoms with E-state index in [-0.39, 0.29) is 18.8 Å². The van der Waals surface area contributed by atoms with Crippen LogP contribution in [0.1, 0.15) is 31.5 Å². The zero-order valence-electron chi connectivity index (χ0n) is 20.5. The van der Waals surface area contributed by atoms with Crippen LogP contribution in [0, 0.1) is 5.92 Å². The van der Waals surface area contributed by atoms with Crippen LogP contribution < -0.4 is 21.7 Å². The molecule has 0 spiro atoms. The highest BCUT2D eigenvalue weighted by atomic mass is 16.4. The first-order valence-electron chi connectivity index (χ1n) is 11.6. The third kappa shape index (κ3) is 9.37. The van der Waals surface area contributed by atoms with Gasteiger partial charge in [0, 0.05) is 24.7 Å². The van der Waals surface area contributed by atoms with E-state index in [1.165, 1.54) is 12.5 Å². The first-order chi connectivity index (χ1) is 17.5. The fourth-order valence-corrected chi connectivity index (χ4v) is 3.37. The molecule has 3 amide bonds. The maximum absolute atomic E-state index is 13.3. The number of nitrogens with zero attached hydrogens (tertiary/aromatic N) is 1. The number of H-pyrrole nitrogens is 1. The molecule has 13 nitrogen and oxygen atoms in total. The fourth-order valence-electron chi connectivity index (χ4n) is 3.37. The molecule has 0 bridgehead atoms. The molecule has 13 heteroatoms.